The van der Waals surface area contributed by atoms with Crippen molar-refractivity contribution in [2.75, 3.05) is 0 Å². The molecule has 3 aliphatic rings. The number of furan rings is 1. The van der Waals surface area contributed by atoms with Crippen molar-refractivity contribution < 1.29 is 4.42 Å². The highest BCUT2D eigenvalue weighted by Gasteiger charge is 2.66. The van der Waals surface area contributed by atoms with Gasteiger partial charge in [-0.15, -0.1) is 0 Å². The molecule has 2 nitrogen and oxygen atoms in total. The maximum absolute atomic E-state index is 6.42. The lowest BCUT2D eigenvalue weighted by Crippen LogP contribution is -2.16. The van der Waals surface area contributed by atoms with E-state index in [0.29, 0.717) is 0 Å². The standard InChI is InChI=1S/C15H21NO/c1-2-10-5-6-11(17-10)15(16)14-12-8-3-4-9(7-8)13(12)14/h5-6,8-9,12-15H,2-4,7,16H2,1H3. The lowest BCUT2D eigenvalue weighted by Gasteiger charge is -2.13. The number of hydrogen-bond acceptors (Lipinski definition) is 2. The third-order valence-electron chi connectivity index (χ3n) is 5.57. The lowest BCUT2D eigenvalue weighted by molar-refractivity contribution is 0.361. The summed E-state index contributed by atoms with van der Waals surface area (Å²) >= 11 is 0. The number of fused-ring (bicyclic) bond motifs is 5. The molecule has 2 heteroatoms. The van der Waals surface area contributed by atoms with E-state index in [2.05, 4.69) is 19.1 Å². The van der Waals surface area contributed by atoms with Crippen LogP contribution in [0.2, 0.25) is 0 Å². The van der Waals surface area contributed by atoms with E-state index in [4.69, 9.17) is 10.2 Å². The Labute approximate surface area is 103 Å². The highest BCUT2D eigenvalue weighted by atomic mass is 16.3. The molecule has 17 heavy (non-hydrogen) atoms. The monoisotopic (exact) mass is 231 g/mol. The summed E-state index contributed by atoms with van der Waals surface area (Å²) in [7, 11) is 0. The van der Waals surface area contributed by atoms with Crippen LogP contribution in [0.15, 0.2) is 16.5 Å². The van der Waals surface area contributed by atoms with E-state index in [-0.39, 0.29) is 6.04 Å². The summed E-state index contributed by atoms with van der Waals surface area (Å²) in [6.45, 7) is 2.13. The van der Waals surface area contributed by atoms with Gasteiger partial charge in [0.15, 0.2) is 0 Å². The first-order valence-electron chi connectivity index (χ1n) is 7.13. The van der Waals surface area contributed by atoms with Crippen LogP contribution in [0.5, 0.6) is 0 Å². The molecular weight excluding hydrogens is 210 g/mol. The molecule has 4 rings (SSSR count). The van der Waals surface area contributed by atoms with Crippen LogP contribution in [0.25, 0.3) is 0 Å². The fraction of sp³-hybridized carbons (Fsp3) is 0.733. The Kier molecular flexibility index (Phi) is 2.03. The van der Waals surface area contributed by atoms with Gasteiger partial charge in [0.2, 0.25) is 0 Å². The van der Waals surface area contributed by atoms with Crippen molar-refractivity contribution in [3.8, 4) is 0 Å². The van der Waals surface area contributed by atoms with E-state index in [1.165, 1.54) is 19.3 Å². The molecule has 1 aromatic rings. The summed E-state index contributed by atoms with van der Waals surface area (Å²) in [6, 6.07) is 4.34. The largest absolute Gasteiger partial charge is 0.464 e. The molecule has 5 atom stereocenters. The van der Waals surface area contributed by atoms with E-state index in [1.54, 1.807) is 0 Å². The summed E-state index contributed by atoms with van der Waals surface area (Å²) in [5.41, 5.74) is 6.42. The minimum Gasteiger partial charge on any atom is -0.464 e. The first kappa shape index (κ1) is 10.2. The molecule has 3 saturated carbocycles. The van der Waals surface area contributed by atoms with Crippen molar-refractivity contribution in [1.29, 1.82) is 0 Å². The van der Waals surface area contributed by atoms with Gasteiger partial charge in [-0.25, -0.2) is 0 Å². The van der Waals surface area contributed by atoms with Gasteiger partial charge in [-0.3, -0.25) is 0 Å². The summed E-state index contributed by atoms with van der Waals surface area (Å²) < 4.78 is 5.83. The van der Waals surface area contributed by atoms with Gasteiger partial charge in [-0.1, -0.05) is 6.92 Å². The van der Waals surface area contributed by atoms with Gasteiger partial charge in [-0.2, -0.15) is 0 Å². The fourth-order valence-corrected chi connectivity index (χ4v) is 4.83. The molecule has 0 amide bonds. The zero-order chi connectivity index (χ0) is 11.6. The van der Waals surface area contributed by atoms with Crippen LogP contribution < -0.4 is 5.73 Å². The van der Waals surface area contributed by atoms with Gasteiger partial charge in [0.25, 0.3) is 0 Å². The lowest BCUT2D eigenvalue weighted by atomic mass is 9.97. The van der Waals surface area contributed by atoms with Gasteiger partial charge in [0, 0.05) is 6.42 Å². The molecule has 3 aliphatic carbocycles. The predicted molar refractivity (Wildman–Crippen MR) is 66.3 cm³/mol. The van der Waals surface area contributed by atoms with E-state index in [0.717, 1.165) is 47.5 Å². The zero-order valence-electron chi connectivity index (χ0n) is 10.4. The summed E-state index contributed by atoms with van der Waals surface area (Å²) in [5, 5.41) is 0. The third kappa shape index (κ3) is 1.31. The van der Waals surface area contributed by atoms with Crippen LogP contribution in [-0.4, -0.2) is 0 Å². The first-order valence-corrected chi connectivity index (χ1v) is 7.13. The van der Waals surface area contributed by atoms with Crippen molar-refractivity contribution >= 4 is 0 Å². The molecule has 0 spiro atoms. The molecule has 92 valence electrons. The SMILES string of the molecule is CCc1ccc(C(N)C2C3C4CCC(C4)C32)o1. The topological polar surface area (TPSA) is 39.2 Å². The van der Waals surface area contributed by atoms with Crippen LogP contribution in [0.4, 0.5) is 0 Å². The summed E-state index contributed by atoms with van der Waals surface area (Å²) in [5.74, 6) is 6.73. The summed E-state index contributed by atoms with van der Waals surface area (Å²) in [4.78, 5) is 0. The maximum atomic E-state index is 6.42. The second kappa shape index (κ2) is 3.38. The Hall–Kier alpha value is -0.760. The minimum atomic E-state index is 0.161. The van der Waals surface area contributed by atoms with Gasteiger partial charge >= 0.3 is 0 Å². The molecule has 3 fully saturated rings. The predicted octanol–water partition coefficient (Wildman–Crippen LogP) is 3.13. The number of hydrogen-bond donors (Lipinski definition) is 1. The molecule has 0 aliphatic heterocycles. The Morgan fingerprint density at radius 3 is 2.59 bits per heavy atom. The maximum Gasteiger partial charge on any atom is 0.121 e. The number of nitrogens with two attached hydrogens (primary N) is 1. The Morgan fingerprint density at radius 2 is 2.00 bits per heavy atom. The highest BCUT2D eigenvalue weighted by molar-refractivity contribution is 5.21. The zero-order valence-corrected chi connectivity index (χ0v) is 10.4. The second-order valence-corrected chi connectivity index (χ2v) is 6.25. The quantitative estimate of drug-likeness (QED) is 0.868. The Morgan fingerprint density at radius 1 is 1.29 bits per heavy atom. The average Bonchev–Trinajstić information content (AvgIpc) is 2.79. The Balaban J connectivity index is 1.53. The molecule has 0 aromatic carbocycles. The second-order valence-electron chi connectivity index (χ2n) is 6.25. The van der Waals surface area contributed by atoms with Gasteiger partial charge in [0.05, 0.1) is 6.04 Å². The minimum absolute atomic E-state index is 0.161. The van der Waals surface area contributed by atoms with Crippen LogP contribution in [-0.2, 0) is 6.42 Å². The van der Waals surface area contributed by atoms with Gasteiger partial charge in [-0.05, 0) is 61.0 Å². The van der Waals surface area contributed by atoms with Crippen molar-refractivity contribution in [2.24, 2.45) is 35.3 Å². The fourth-order valence-electron chi connectivity index (χ4n) is 4.83. The van der Waals surface area contributed by atoms with Crippen molar-refractivity contribution in [3.05, 3.63) is 23.7 Å². The molecule has 0 radical (unpaired) electrons. The molecule has 2 bridgehead atoms. The molecule has 1 aromatic heterocycles. The van der Waals surface area contributed by atoms with Crippen molar-refractivity contribution in [2.45, 2.75) is 38.6 Å². The van der Waals surface area contributed by atoms with Crippen LogP contribution in [0, 0.1) is 29.6 Å². The van der Waals surface area contributed by atoms with E-state index >= 15 is 0 Å². The number of rotatable bonds is 3. The summed E-state index contributed by atoms with van der Waals surface area (Å²) in [6.07, 6.45) is 5.40. The van der Waals surface area contributed by atoms with Crippen molar-refractivity contribution in [1.82, 2.24) is 0 Å². The molecule has 5 unspecified atom stereocenters. The Bertz CT molecular complexity index is 422. The molecule has 0 saturated heterocycles. The normalized spacial score (nSPS) is 43.8. The highest BCUT2D eigenvalue weighted by Crippen LogP contribution is 2.71. The van der Waals surface area contributed by atoms with E-state index in [9.17, 15) is 0 Å². The van der Waals surface area contributed by atoms with Crippen molar-refractivity contribution in [3.63, 3.8) is 0 Å². The molecular formula is C15H21NO. The third-order valence-corrected chi connectivity index (χ3v) is 5.57. The first-order chi connectivity index (χ1) is 8.29. The molecule has 2 N–H and O–H groups in total. The van der Waals surface area contributed by atoms with E-state index < -0.39 is 0 Å². The van der Waals surface area contributed by atoms with Crippen LogP contribution in [0.3, 0.4) is 0 Å². The van der Waals surface area contributed by atoms with Crippen LogP contribution >= 0.6 is 0 Å². The van der Waals surface area contributed by atoms with Gasteiger partial charge in [0.1, 0.15) is 11.5 Å². The smallest absolute Gasteiger partial charge is 0.121 e. The average molecular weight is 231 g/mol. The van der Waals surface area contributed by atoms with E-state index in [1.807, 2.05) is 0 Å². The molecule has 1 heterocycles. The number of aryl methyl sites for hydroxylation is 1. The van der Waals surface area contributed by atoms with Gasteiger partial charge < -0.3 is 10.2 Å². The van der Waals surface area contributed by atoms with Crippen LogP contribution in [0.1, 0.15) is 43.7 Å².